The van der Waals surface area contributed by atoms with Gasteiger partial charge in [-0.25, -0.2) is 0 Å². The maximum atomic E-state index is 10.1. The van der Waals surface area contributed by atoms with E-state index in [0.29, 0.717) is 17.5 Å². The first kappa shape index (κ1) is 14.0. The molecule has 2 rings (SSSR count). The highest BCUT2D eigenvalue weighted by Crippen LogP contribution is 2.43. The first-order valence-corrected chi connectivity index (χ1v) is 7.08. The lowest BCUT2D eigenvalue weighted by Crippen LogP contribution is -2.40. The van der Waals surface area contributed by atoms with Crippen LogP contribution in [0.15, 0.2) is 24.3 Å². The Bertz CT molecular complexity index is 437. The van der Waals surface area contributed by atoms with Crippen LogP contribution in [0.2, 0.25) is 0 Å². The number of hydrogen-bond acceptors (Lipinski definition) is 3. The summed E-state index contributed by atoms with van der Waals surface area (Å²) in [6, 6.07) is 9.22. The van der Waals surface area contributed by atoms with Gasteiger partial charge in [0, 0.05) is 13.1 Å². The van der Waals surface area contributed by atoms with Crippen LogP contribution in [-0.4, -0.2) is 18.2 Å². The van der Waals surface area contributed by atoms with Crippen LogP contribution in [0.4, 0.5) is 0 Å². The number of benzene rings is 1. The van der Waals surface area contributed by atoms with Gasteiger partial charge in [0.1, 0.15) is 0 Å². The fourth-order valence-corrected chi connectivity index (χ4v) is 2.70. The minimum absolute atomic E-state index is 0.477. The van der Waals surface area contributed by atoms with Gasteiger partial charge in [0.15, 0.2) is 0 Å². The highest BCUT2D eigenvalue weighted by molar-refractivity contribution is 5.32. The first-order valence-electron chi connectivity index (χ1n) is 7.08. The highest BCUT2D eigenvalue weighted by Gasteiger charge is 2.34. The predicted molar refractivity (Wildman–Crippen MR) is 75.6 cm³/mol. The lowest BCUT2D eigenvalue weighted by Gasteiger charge is -2.41. The number of nitrogens with one attached hydrogen (secondary N) is 1. The van der Waals surface area contributed by atoms with Crippen molar-refractivity contribution in [3.8, 4) is 6.07 Å². The molecule has 0 aliphatic heterocycles. The Morgan fingerprint density at radius 1 is 1.37 bits per heavy atom. The normalized spacial score (nSPS) is 18.4. The average molecular weight is 258 g/mol. The van der Waals surface area contributed by atoms with Crippen molar-refractivity contribution in [2.45, 2.75) is 38.7 Å². The second kappa shape index (κ2) is 6.18. The minimum atomic E-state index is -0.498. The summed E-state index contributed by atoms with van der Waals surface area (Å²) in [5.74, 6) is 0. The van der Waals surface area contributed by atoms with E-state index in [4.69, 9.17) is 5.26 Å². The van der Waals surface area contributed by atoms with Gasteiger partial charge in [0.2, 0.25) is 0 Å². The second-order valence-corrected chi connectivity index (χ2v) is 5.59. The Kier molecular flexibility index (Phi) is 4.57. The van der Waals surface area contributed by atoms with Crippen molar-refractivity contribution in [2.24, 2.45) is 5.41 Å². The van der Waals surface area contributed by atoms with E-state index in [9.17, 15) is 5.11 Å². The summed E-state index contributed by atoms with van der Waals surface area (Å²) < 4.78 is 0. The first-order chi connectivity index (χ1) is 9.19. The molecule has 0 aromatic heterocycles. The van der Waals surface area contributed by atoms with Crippen molar-refractivity contribution in [1.82, 2.24) is 5.32 Å². The standard InChI is InChI=1S/C16H22N2O/c1-2-16(8-3-9-16)12-18-11-15(19)14-6-4-13(10-17)5-7-14/h4-7,15,18-19H,2-3,8-9,11-12H2,1H3. The smallest absolute Gasteiger partial charge is 0.0991 e. The molecule has 0 saturated heterocycles. The summed E-state index contributed by atoms with van der Waals surface area (Å²) in [6.07, 6.45) is 4.68. The Balaban J connectivity index is 1.80. The molecule has 3 heteroatoms. The van der Waals surface area contributed by atoms with E-state index in [1.807, 2.05) is 12.1 Å². The lowest BCUT2D eigenvalue weighted by atomic mass is 9.67. The molecule has 1 fully saturated rings. The summed E-state index contributed by atoms with van der Waals surface area (Å²) in [6.45, 7) is 3.82. The Morgan fingerprint density at radius 3 is 2.53 bits per heavy atom. The minimum Gasteiger partial charge on any atom is -0.387 e. The molecule has 0 bridgehead atoms. The van der Waals surface area contributed by atoms with Crippen LogP contribution >= 0.6 is 0 Å². The van der Waals surface area contributed by atoms with E-state index in [1.54, 1.807) is 12.1 Å². The summed E-state index contributed by atoms with van der Waals surface area (Å²) >= 11 is 0. The molecular weight excluding hydrogens is 236 g/mol. The van der Waals surface area contributed by atoms with Gasteiger partial charge >= 0.3 is 0 Å². The molecule has 0 amide bonds. The number of hydrogen-bond donors (Lipinski definition) is 2. The van der Waals surface area contributed by atoms with Gasteiger partial charge in [-0.2, -0.15) is 5.26 Å². The molecular formula is C16H22N2O. The summed E-state index contributed by atoms with van der Waals surface area (Å²) in [5.41, 5.74) is 1.97. The van der Waals surface area contributed by atoms with Crippen LogP contribution in [0.5, 0.6) is 0 Å². The highest BCUT2D eigenvalue weighted by atomic mass is 16.3. The number of nitrogens with zero attached hydrogens (tertiary/aromatic N) is 1. The molecule has 1 aliphatic carbocycles. The van der Waals surface area contributed by atoms with Crippen molar-refractivity contribution in [2.75, 3.05) is 13.1 Å². The second-order valence-electron chi connectivity index (χ2n) is 5.59. The number of rotatable bonds is 6. The maximum Gasteiger partial charge on any atom is 0.0991 e. The quantitative estimate of drug-likeness (QED) is 0.825. The fraction of sp³-hybridized carbons (Fsp3) is 0.562. The molecule has 0 heterocycles. The van der Waals surface area contributed by atoms with Crippen LogP contribution < -0.4 is 5.32 Å². The van der Waals surface area contributed by atoms with E-state index in [-0.39, 0.29) is 0 Å². The third-order valence-corrected chi connectivity index (χ3v) is 4.43. The van der Waals surface area contributed by atoms with Crippen LogP contribution in [0.3, 0.4) is 0 Å². The molecule has 1 aromatic rings. The van der Waals surface area contributed by atoms with Crippen molar-refractivity contribution in [1.29, 1.82) is 5.26 Å². The van der Waals surface area contributed by atoms with Crippen molar-refractivity contribution >= 4 is 0 Å². The van der Waals surface area contributed by atoms with E-state index in [1.165, 1.54) is 25.7 Å². The third kappa shape index (κ3) is 3.34. The number of aliphatic hydroxyl groups is 1. The lowest BCUT2D eigenvalue weighted by molar-refractivity contribution is 0.110. The van der Waals surface area contributed by atoms with Crippen LogP contribution in [0.1, 0.15) is 49.8 Å². The Hall–Kier alpha value is -1.37. The van der Waals surface area contributed by atoms with Gasteiger partial charge in [0.05, 0.1) is 17.7 Å². The molecule has 19 heavy (non-hydrogen) atoms. The average Bonchev–Trinajstić information content (AvgIpc) is 2.41. The Morgan fingerprint density at radius 2 is 2.05 bits per heavy atom. The van der Waals surface area contributed by atoms with E-state index in [2.05, 4.69) is 18.3 Å². The molecule has 0 radical (unpaired) electrons. The van der Waals surface area contributed by atoms with E-state index < -0.39 is 6.10 Å². The van der Waals surface area contributed by atoms with Crippen molar-refractivity contribution in [3.05, 3.63) is 35.4 Å². The van der Waals surface area contributed by atoms with Gasteiger partial charge in [-0.1, -0.05) is 25.5 Å². The van der Waals surface area contributed by atoms with Crippen LogP contribution in [-0.2, 0) is 0 Å². The van der Waals surface area contributed by atoms with Gasteiger partial charge in [-0.3, -0.25) is 0 Å². The Labute approximate surface area is 115 Å². The van der Waals surface area contributed by atoms with Gasteiger partial charge in [-0.15, -0.1) is 0 Å². The summed E-state index contributed by atoms with van der Waals surface area (Å²) in [4.78, 5) is 0. The van der Waals surface area contributed by atoms with Crippen molar-refractivity contribution in [3.63, 3.8) is 0 Å². The molecule has 2 N–H and O–H groups in total. The van der Waals surface area contributed by atoms with Gasteiger partial charge < -0.3 is 10.4 Å². The molecule has 1 atom stereocenters. The number of aliphatic hydroxyl groups excluding tert-OH is 1. The molecule has 1 aliphatic rings. The van der Waals surface area contributed by atoms with Crippen molar-refractivity contribution < 1.29 is 5.11 Å². The summed E-state index contributed by atoms with van der Waals surface area (Å²) in [5, 5.41) is 22.2. The fourth-order valence-electron chi connectivity index (χ4n) is 2.70. The SMILES string of the molecule is CCC1(CNCC(O)c2ccc(C#N)cc2)CCC1. The molecule has 102 valence electrons. The largest absolute Gasteiger partial charge is 0.387 e. The zero-order valence-electron chi connectivity index (χ0n) is 11.5. The molecule has 1 saturated carbocycles. The van der Waals surface area contributed by atoms with Crippen LogP contribution in [0, 0.1) is 16.7 Å². The molecule has 0 spiro atoms. The van der Waals surface area contributed by atoms with Gasteiger partial charge in [0.25, 0.3) is 0 Å². The molecule has 1 aromatic carbocycles. The number of nitriles is 1. The maximum absolute atomic E-state index is 10.1. The third-order valence-electron chi connectivity index (χ3n) is 4.43. The monoisotopic (exact) mass is 258 g/mol. The van der Waals surface area contributed by atoms with E-state index >= 15 is 0 Å². The zero-order chi connectivity index (χ0) is 13.7. The molecule has 1 unspecified atom stereocenters. The zero-order valence-corrected chi connectivity index (χ0v) is 11.5. The van der Waals surface area contributed by atoms with Gasteiger partial charge in [-0.05, 0) is 42.4 Å². The topological polar surface area (TPSA) is 56.0 Å². The van der Waals surface area contributed by atoms with E-state index in [0.717, 1.165) is 12.1 Å². The van der Waals surface area contributed by atoms with Crippen LogP contribution in [0.25, 0.3) is 0 Å². The summed E-state index contributed by atoms with van der Waals surface area (Å²) in [7, 11) is 0. The molecule has 3 nitrogen and oxygen atoms in total. The predicted octanol–water partition coefficient (Wildman–Crippen LogP) is 2.76.